The second-order valence-electron chi connectivity index (χ2n) is 3.41. The molecule has 0 aliphatic heterocycles. The van der Waals surface area contributed by atoms with E-state index in [0.29, 0.717) is 12.2 Å². The Morgan fingerprint density at radius 2 is 2.17 bits per heavy atom. The van der Waals surface area contributed by atoms with Gasteiger partial charge in [-0.25, -0.2) is 4.98 Å². The van der Waals surface area contributed by atoms with E-state index in [0.717, 1.165) is 5.69 Å². The Morgan fingerprint density at radius 1 is 1.33 bits per heavy atom. The molecule has 0 bridgehead atoms. The van der Waals surface area contributed by atoms with Gasteiger partial charge in [-0.3, -0.25) is 0 Å². The largest absolute Gasteiger partial charge is 0.573 e. The number of rotatable bonds is 4. The van der Waals surface area contributed by atoms with Crippen LogP contribution in [0.4, 0.5) is 18.9 Å². The number of ether oxygens (including phenoxy) is 1. The van der Waals surface area contributed by atoms with Crippen molar-refractivity contribution in [3.05, 3.63) is 40.8 Å². The van der Waals surface area contributed by atoms with Crippen LogP contribution >= 0.6 is 11.3 Å². The van der Waals surface area contributed by atoms with E-state index in [-0.39, 0.29) is 5.75 Å². The minimum absolute atomic E-state index is 0.245. The third kappa shape index (κ3) is 3.92. The maximum Gasteiger partial charge on any atom is 0.573 e. The molecule has 7 heteroatoms. The van der Waals surface area contributed by atoms with Crippen LogP contribution in [0.25, 0.3) is 0 Å². The van der Waals surface area contributed by atoms with Gasteiger partial charge in [0.1, 0.15) is 5.75 Å². The zero-order valence-corrected chi connectivity index (χ0v) is 9.89. The molecule has 0 spiro atoms. The molecule has 0 aliphatic rings. The number of nitrogens with zero attached hydrogens (tertiary/aromatic N) is 1. The number of anilines is 1. The van der Waals surface area contributed by atoms with Crippen molar-refractivity contribution in [3.8, 4) is 5.75 Å². The maximum atomic E-state index is 12.0. The molecule has 2 aromatic rings. The monoisotopic (exact) mass is 274 g/mol. The molecule has 0 unspecified atom stereocenters. The van der Waals surface area contributed by atoms with Crippen molar-refractivity contribution >= 4 is 17.0 Å². The number of hydrogen-bond donors (Lipinski definition) is 1. The average molecular weight is 274 g/mol. The quantitative estimate of drug-likeness (QED) is 0.924. The lowest BCUT2D eigenvalue weighted by atomic mass is 10.3. The fraction of sp³-hybridized carbons (Fsp3) is 0.182. The summed E-state index contributed by atoms with van der Waals surface area (Å²) in [6.07, 6.45) is -4.67. The van der Waals surface area contributed by atoms with E-state index in [2.05, 4.69) is 15.0 Å². The smallest absolute Gasteiger partial charge is 0.406 e. The molecule has 0 atom stereocenters. The van der Waals surface area contributed by atoms with Crippen molar-refractivity contribution in [1.82, 2.24) is 4.98 Å². The number of nitrogens with one attached hydrogen (secondary N) is 1. The Labute approximate surface area is 105 Å². The van der Waals surface area contributed by atoms with Crippen molar-refractivity contribution in [1.29, 1.82) is 0 Å². The molecular formula is C11H9F3N2OS. The van der Waals surface area contributed by atoms with Crippen LogP contribution in [-0.2, 0) is 6.54 Å². The van der Waals surface area contributed by atoms with E-state index < -0.39 is 6.36 Å². The lowest BCUT2D eigenvalue weighted by Crippen LogP contribution is -2.17. The van der Waals surface area contributed by atoms with Gasteiger partial charge in [0.25, 0.3) is 0 Å². The van der Waals surface area contributed by atoms with Gasteiger partial charge in [-0.05, 0) is 12.1 Å². The summed E-state index contributed by atoms with van der Waals surface area (Å²) in [5.74, 6) is -0.245. The van der Waals surface area contributed by atoms with Crippen LogP contribution in [-0.4, -0.2) is 11.3 Å². The van der Waals surface area contributed by atoms with E-state index >= 15 is 0 Å². The molecular weight excluding hydrogens is 265 g/mol. The first-order valence-electron chi connectivity index (χ1n) is 5.00. The highest BCUT2D eigenvalue weighted by atomic mass is 32.1. The summed E-state index contributed by atoms with van der Waals surface area (Å²) >= 11 is 1.46. The molecule has 0 saturated heterocycles. The van der Waals surface area contributed by atoms with Gasteiger partial charge in [0.15, 0.2) is 0 Å². The molecule has 18 heavy (non-hydrogen) atoms. The highest BCUT2D eigenvalue weighted by Gasteiger charge is 2.31. The van der Waals surface area contributed by atoms with Crippen LogP contribution in [0.2, 0.25) is 0 Å². The van der Waals surface area contributed by atoms with Crippen LogP contribution < -0.4 is 10.1 Å². The normalized spacial score (nSPS) is 11.3. The molecule has 3 nitrogen and oxygen atoms in total. The standard InChI is InChI=1S/C11H9F3N2OS/c12-11(13,14)17-10-3-1-2-8(4-10)15-5-9-6-18-7-16-9/h1-4,6-7,15H,5H2. The Balaban J connectivity index is 1.99. The van der Waals surface area contributed by atoms with Crippen molar-refractivity contribution in [2.75, 3.05) is 5.32 Å². The fourth-order valence-electron chi connectivity index (χ4n) is 1.32. The van der Waals surface area contributed by atoms with Gasteiger partial charge in [0, 0.05) is 17.1 Å². The zero-order chi connectivity index (χ0) is 13.0. The third-order valence-electron chi connectivity index (χ3n) is 2.02. The highest BCUT2D eigenvalue weighted by Crippen LogP contribution is 2.25. The summed E-state index contributed by atoms with van der Waals surface area (Å²) in [5.41, 5.74) is 3.08. The summed E-state index contributed by atoms with van der Waals surface area (Å²) in [7, 11) is 0. The number of halogens is 3. The first-order valence-corrected chi connectivity index (χ1v) is 5.94. The van der Waals surface area contributed by atoms with Crippen molar-refractivity contribution in [2.24, 2.45) is 0 Å². The average Bonchev–Trinajstić information content (AvgIpc) is 2.77. The molecule has 0 saturated carbocycles. The summed E-state index contributed by atoms with van der Waals surface area (Å²) in [6, 6.07) is 5.70. The summed E-state index contributed by atoms with van der Waals surface area (Å²) in [4.78, 5) is 4.06. The highest BCUT2D eigenvalue weighted by molar-refractivity contribution is 7.07. The maximum absolute atomic E-state index is 12.0. The number of benzene rings is 1. The Morgan fingerprint density at radius 3 is 2.83 bits per heavy atom. The lowest BCUT2D eigenvalue weighted by molar-refractivity contribution is -0.274. The summed E-state index contributed by atoms with van der Waals surface area (Å²) < 4.78 is 39.9. The van der Waals surface area contributed by atoms with E-state index in [1.807, 2.05) is 5.38 Å². The molecule has 0 fully saturated rings. The molecule has 1 N–H and O–H groups in total. The van der Waals surface area contributed by atoms with Crippen molar-refractivity contribution in [2.45, 2.75) is 12.9 Å². The third-order valence-corrected chi connectivity index (χ3v) is 2.66. The minimum atomic E-state index is -4.67. The van der Waals surface area contributed by atoms with E-state index in [1.54, 1.807) is 11.6 Å². The van der Waals surface area contributed by atoms with Crippen LogP contribution in [0.5, 0.6) is 5.75 Å². The second kappa shape index (κ2) is 5.26. The zero-order valence-electron chi connectivity index (χ0n) is 9.07. The first-order chi connectivity index (χ1) is 8.53. The van der Waals surface area contributed by atoms with Gasteiger partial charge in [-0.2, -0.15) is 0 Å². The SMILES string of the molecule is FC(F)(F)Oc1cccc(NCc2cscn2)c1. The van der Waals surface area contributed by atoms with Crippen LogP contribution in [0, 0.1) is 0 Å². The predicted molar refractivity (Wildman–Crippen MR) is 62.6 cm³/mol. The van der Waals surface area contributed by atoms with Crippen LogP contribution in [0.1, 0.15) is 5.69 Å². The van der Waals surface area contributed by atoms with Crippen LogP contribution in [0.15, 0.2) is 35.2 Å². The second-order valence-corrected chi connectivity index (χ2v) is 4.13. The van der Waals surface area contributed by atoms with Gasteiger partial charge in [-0.15, -0.1) is 24.5 Å². The lowest BCUT2D eigenvalue weighted by Gasteiger charge is -2.10. The molecule has 1 heterocycles. The van der Waals surface area contributed by atoms with Gasteiger partial charge >= 0.3 is 6.36 Å². The molecule has 0 amide bonds. The molecule has 1 aromatic heterocycles. The first kappa shape index (κ1) is 12.7. The molecule has 1 aromatic carbocycles. The van der Waals surface area contributed by atoms with E-state index in [1.165, 1.54) is 29.5 Å². The van der Waals surface area contributed by atoms with Crippen LogP contribution in [0.3, 0.4) is 0 Å². The van der Waals surface area contributed by atoms with Crippen molar-refractivity contribution in [3.63, 3.8) is 0 Å². The Bertz CT molecular complexity index is 499. The molecule has 0 radical (unpaired) electrons. The topological polar surface area (TPSA) is 34.1 Å². The van der Waals surface area contributed by atoms with Gasteiger partial charge in [0.2, 0.25) is 0 Å². The van der Waals surface area contributed by atoms with Gasteiger partial charge in [0.05, 0.1) is 17.7 Å². The summed E-state index contributed by atoms with van der Waals surface area (Å²) in [5, 5.41) is 4.83. The minimum Gasteiger partial charge on any atom is -0.406 e. The van der Waals surface area contributed by atoms with Crippen molar-refractivity contribution < 1.29 is 17.9 Å². The Kier molecular flexibility index (Phi) is 3.71. The molecule has 0 aliphatic carbocycles. The van der Waals surface area contributed by atoms with E-state index in [9.17, 15) is 13.2 Å². The fourth-order valence-corrected chi connectivity index (χ4v) is 1.88. The predicted octanol–water partition coefficient (Wildman–Crippen LogP) is 3.65. The molecule has 96 valence electrons. The number of thiazole rings is 1. The number of alkyl halides is 3. The molecule has 2 rings (SSSR count). The van der Waals surface area contributed by atoms with Gasteiger partial charge < -0.3 is 10.1 Å². The van der Waals surface area contributed by atoms with E-state index in [4.69, 9.17) is 0 Å². The Hall–Kier alpha value is -1.76. The number of aromatic nitrogens is 1. The van der Waals surface area contributed by atoms with Gasteiger partial charge in [-0.1, -0.05) is 6.07 Å². The summed E-state index contributed by atoms with van der Waals surface area (Å²) in [6.45, 7) is 0.457. The number of hydrogen-bond acceptors (Lipinski definition) is 4.